The summed E-state index contributed by atoms with van der Waals surface area (Å²) in [6.45, 7) is 1.13. The van der Waals surface area contributed by atoms with E-state index in [-0.39, 0.29) is 0 Å². The van der Waals surface area contributed by atoms with Gasteiger partial charge in [0, 0.05) is 18.4 Å². The van der Waals surface area contributed by atoms with Crippen LogP contribution in [0, 0.1) is 0 Å². The Morgan fingerprint density at radius 3 is 2.62 bits per heavy atom. The van der Waals surface area contributed by atoms with E-state index in [1.54, 1.807) is 0 Å². The molecule has 0 unspecified atom stereocenters. The van der Waals surface area contributed by atoms with Gasteiger partial charge >= 0.3 is 0 Å². The first kappa shape index (κ1) is 12.1. The molecule has 3 aromatic rings. The average Bonchev–Trinajstić information content (AvgIpc) is 3.16. The highest BCUT2D eigenvalue weighted by Gasteiger charge is 2.13. The van der Waals surface area contributed by atoms with Gasteiger partial charge in [-0.1, -0.05) is 36.4 Å². The molecule has 1 aliphatic heterocycles. The fourth-order valence-corrected chi connectivity index (χ4v) is 2.66. The summed E-state index contributed by atoms with van der Waals surface area (Å²) in [5.41, 5.74) is 3.64. The summed E-state index contributed by atoms with van der Waals surface area (Å²) in [5.74, 6) is 1.66. The third-order valence-electron chi connectivity index (χ3n) is 3.69. The number of rotatable bonds is 3. The Bertz CT molecular complexity index is 762. The van der Waals surface area contributed by atoms with E-state index >= 15 is 0 Å². The van der Waals surface area contributed by atoms with Gasteiger partial charge in [0.2, 0.25) is 6.79 Å². The molecule has 0 bridgehead atoms. The van der Waals surface area contributed by atoms with Gasteiger partial charge in [-0.05, 0) is 35.4 Å². The van der Waals surface area contributed by atoms with Crippen LogP contribution in [0.5, 0.6) is 11.5 Å². The van der Waals surface area contributed by atoms with E-state index in [0.717, 1.165) is 18.0 Å². The van der Waals surface area contributed by atoms with Crippen LogP contribution in [0.25, 0.3) is 11.3 Å². The summed E-state index contributed by atoms with van der Waals surface area (Å²) in [6, 6.07) is 20.8. The second kappa shape index (κ2) is 5.02. The van der Waals surface area contributed by atoms with Crippen molar-refractivity contribution in [3.63, 3.8) is 0 Å². The van der Waals surface area contributed by atoms with Crippen molar-refractivity contribution in [1.82, 2.24) is 4.57 Å². The van der Waals surface area contributed by atoms with Crippen molar-refractivity contribution < 1.29 is 9.47 Å². The van der Waals surface area contributed by atoms with Crippen LogP contribution in [0.2, 0.25) is 0 Å². The summed E-state index contributed by atoms with van der Waals surface area (Å²) in [6.07, 6.45) is 2.10. The molecule has 0 amide bonds. The quantitative estimate of drug-likeness (QED) is 0.724. The Kier molecular flexibility index (Phi) is 2.89. The van der Waals surface area contributed by atoms with E-state index in [2.05, 4.69) is 59.3 Å². The van der Waals surface area contributed by atoms with Gasteiger partial charge in [-0.15, -0.1) is 0 Å². The molecule has 0 radical (unpaired) electrons. The molecule has 0 spiro atoms. The molecule has 0 saturated heterocycles. The zero-order chi connectivity index (χ0) is 14.1. The van der Waals surface area contributed by atoms with Gasteiger partial charge in [-0.3, -0.25) is 0 Å². The predicted molar refractivity (Wildman–Crippen MR) is 81.5 cm³/mol. The topological polar surface area (TPSA) is 23.4 Å². The van der Waals surface area contributed by atoms with Crippen molar-refractivity contribution in [1.29, 1.82) is 0 Å². The fourth-order valence-electron chi connectivity index (χ4n) is 2.66. The molecule has 1 aliphatic rings. The van der Waals surface area contributed by atoms with Crippen molar-refractivity contribution in [2.45, 2.75) is 6.54 Å². The van der Waals surface area contributed by atoms with Crippen LogP contribution in [0.15, 0.2) is 66.9 Å². The summed E-state index contributed by atoms with van der Waals surface area (Å²) in [7, 11) is 0. The molecule has 0 saturated carbocycles. The number of benzene rings is 2. The van der Waals surface area contributed by atoms with Gasteiger partial charge < -0.3 is 14.0 Å². The zero-order valence-electron chi connectivity index (χ0n) is 11.5. The highest BCUT2D eigenvalue weighted by Crippen LogP contribution is 2.33. The lowest BCUT2D eigenvalue weighted by molar-refractivity contribution is 0.174. The smallest absolute Gasteiger partial charge is 0.231 e. The molecule has 104 valence electrons. The molecule has 0 atom stereocenters. The molecule has 4 rings (SSSR count). The lowest BCUT2D eigenvalue weighted by atomic mass is 10.1. The highest BCUT2D eigenvalue weighted by atomic mass is 16.7. The standard InChI is InChI=1S/C18H15NO2/c1-2-5-15(6-3-1)16-7-4-10-19(16)12-14-8-9-17-18(11-14)21-13-20-17/h1-11H,12-13H2. The number of fused-ring (bicyclic) bond motifs is 1. The maximum atomic E-state index is 5.44. The molecule has 2 aromatic carbocycles. The monoisotopic (exact) mass is 277 g/mol. The summed E-state index contributed by atoms with van der Waals surface area (Å²) < 4.78 is 13.0. The van der Waals surface area contributed by atoms with Gasteiger partial charge in [-0.25, -0.2) is 0 Å². The van der Waals surface area contributed by atoms with Gasteiger partial charge in [-0.2, -0.15) is 0 Å². The summed E-state index contributed by atoms with van der Waals surface area (Å²) >= 11 is 0. The maximum absolute atomic E-state index is 5.44. The van der Waals surface area contributed by atoms with Crippen molar-refractivity contribution >= 4 is 0 Å². The van der Waals surface area contributed by atoms with Crippen LogP contribution < -0.4 is 9.47 Å². The van der Waals surface area contributed by atoms with Gasteiger partial charge in [0.25, 0.3) is 0 Å². The molecule has 1 aromatic heterocycles. The average molecular weight is 277 g/mol. The first-order valence-electron chi connectivity index (χ1n) is 6.99. The van der Waals surface area contributed by atoms with Gasteiger partial charge in [0.1, 0.15) is 0 Å². The third kappa shape index (κ3) is 2.27. The Labute approximate surface area is 123 Å². The largest absolute Gasteiger partial charge is 0.454 e. The molecular weight excluding hydrogens is 262 g/mol. The number of nitrogens with zero attached hydrogens (tertiary/aromatic N) is 1. The SMILES string of the molecule is c1ccc(-c2cccn2Cc2ccc3c(c2)OCO3)cc1. The van der Waals surface area contributed by atoms with E-state index in [0.29, 0.717) is 6.79 Å². The molecule has 0 N–H and O–H groups in total. The molecule has 0 fully saturated rings. The number of aromatic nitrogens is 1. The lowest BCUT2D eigenvalue weighted by Crippen LogP contribution is -2.00. The van der Waals surface area contributed by atoms with Gasteiger partial charge in [0.05, 0.1) is 0 Å². The van der Waals surface area contributed by atoms with Crippen LogP contribution in [0.1, 0.15) is 5.56 Å². The second-order valence-corrected chi connectivity index (χ2v) is 5.07. The van der Waals surface area contributed by atoms with E-state index in [9.17, 15) is 0 Å². The molecule has 0 aliphatic carbocycles. The Hall–Kier alpha value is -2.68. The van der Waals surface area contributed by atoms with Crippen molar-refractivity contribution in [3.8, 4) is 22.8 Å². The van der Waals surface area contributed by atoms with E-state index in [4.69, 9.17) is 9.47 Å². The minimum absolute atomic E-state index is 0.317. The number of hydrogen-bond donors (Lipinski definition) is 0. The van der Waals surface area contributed by atoms with Crippen molar-refractivity contribution in [2.75, 3.05) is 6.79 Å². The Balaban J connectivity index is 1.65. The minimum atomic E-state index is 0.317. The van der Waals surface area contributed by atoms with E-state index in [1.165, 1.54) is 16.8 Å². The van der Waals surface area contributed by atoms with Crippen LogP contribution in [-0.2, 0) is 6.54 Å². The zero-order valence-corrected chi connectivity index (χ0v) is 11.5. The van der Waals surface area contributed by atoms with Crippen LogP contribution in [0.4, 0.5) is 0 Å². The van der Waals surface area contributed by atoms with Crippen molar-refractivity contribution in [2.24, 2.45) is 0 Å². The summed E-state index contributed by atoms with van der Waals surface area (Å²) in [4.78, 5) is 0. The minimum Gasteiger partial charge on any atom is -0.454 e. The fraction of sp³-hybridized carbons (Fsp3) is 0.111. The van der Waals surface area contributed by atoms with Crippen LogP contribution >= 0.6 is 0 Å². The molecule has 3 heteroatoms. The first-order valence-corrected chi connectivity index (χ1v) is 6.99. The first-order chi connectivity index (χ1) is 10.4. The maximum Gasteiger partial charge on any atom is 0.231 e. The molecule has 2 heterocycles. The second-order valence-electron chi connectivity index (χ2n) is 5.07. The Morgan fingerprint density at radius 1 is 0.857 bits per heavy atom. The molecule has 21 heavy (non-hydrogen) atoms. The Morgan fingerprint density at radius 2 is 1.71 bits per heavy atom. The number of hydrogen-bond acceptors (Lipinski definition) is 2. The normalized spacial score (nSPS) is 12.6. The predicted octanol–water partition coefficient (Wildman–Crippen LogP) is 3.93. The van der Waals surface area contributed by atoms with Crippen LogP contribution in [-0.4, -0.2) is 11.4 Å². The van der Waals surface area contributed by atoms with E-state index < -0.39 is 0 Å². The molecule has 3 nitrogen and oxygen atoms in total. The highest BCUT2D eigenvalue weighted by molar-refractivity contribution is 5.60. The lowest BCUT2D eigenvalue weighted by Gasteiger charge is -2.10. The van der Waals surface area contributed by atoms with Gasteiger partial charge in [0.15, 0.2) is 11.5 Å². The summed E-state index contributed by atoms with van der Waals surface area (Å²) in [5, 5.41) is 0. The number of ether oxygens (including phenoxy) is 2. The van der Waals surface area contributed by atoms with Crippen molar-refractivity contribution in [3.05, 3.63) is 72.4 Å². The molecular formula is C18H15NO2. The van der Waals surface area contributed by atoms with E-state index in [1.807, 2.05) is 12.1 Å². The van der Waals surface area contributed by atoms with Crippen LogP contribution in [0.3, 0.4) is 0 Å². The third-order valence-corrected chi connectivity index (χ3v) is 3.69.